The number of carbonyl (C=O) groups is 1. The molecule has 1 atom stereocenters. The summed E-state index contributed by atoms with van der Waals surface area (Å²) in [5.74, 6) is 0.894. The molecule has 3 fully saturated rings. The predicted octanol–water partition coefficient (Wildman–Crippen LogP) is 3.62. The van der Waals surface area contributed by atoms with Crippen molar-refractivity contribution in [2.45, 2.75) is 50.7 Å². The maximum absolute atomic E-state index is 13.3. The smallest absolute Gasteiger partial charge is 0.355 e. The zero-order chi connectivity index (χ0) is 18.3. The van der Waals surface area contributed by atoms with Gasteiger partial charge in [0.1, 0.15) is 5.82 Å². The molecule has 2 heterocycles. The van der Waals surface area contributed by atoms with Gasteiger partial charge >= 0.3 is 6.18 Å². The van der Waals surface area contributed by atoms with Gasteiger partial charge in [-0.3, -0.25) is 4.79 Å². The van der Waals surface area contributed by atoms with Crippen molar-refractivity contribution in [3.63, 3.8) is 0 Å². The fourth-order valence-corrected chi connectivity index (χ4v) is 4.07. The quantitative estimate of drug-likeness (QED) is 0.865. The highest BCUT2D eigenvalue weighted by Crippen LogP contribution is 2.44. The number of piperidine rings is 1. The molecule has 4 rings (SSSR count). The largest absolute Gasteiger partial charge is 0.419 e. The van der Waals surface area contributed by atoms with E-state index in [1.807, 2.05) is 0 Å². The van der Waals surface area contributed by atoms with E-state index in [2.05, 4.69) is 10.3 Å². The molecular formula is C19H24F3N3O. The molecule has 7 heteroatoms. The Bertz CT molecular complexity index is 658. The molecule has 26 heavy (non-hydrogen) atoms. The first kappa shape index (κ1) is 17.6. The van der Waals surface area contributed by atoms with Gasteiger partial charge in [-0.2, -0.15) is 13.2 Å². The Hall–Kier alpha value is -1.79. The van der Waals surface area contributed by atoms with Gasteiger partial charge in [0.05, 0.1) is 11.5 Å². The molecule has 1 aliphatic heterocycles. The third kappa shape index (κ3) is 3.81. The van der Waals surface area contributed by atoms with Crippen LogP contribution in [0.15, 0.2) is 18.3 Å². The minimum Gasteiger partial charge on any atom is -0.355 e. The van der Waals surface area contributed by atoms with Gasteiger partial charge in [0, 0.05) is 25.3 Å². The molecule has 2 aliphatic carbocycles. The summed E-state index contributed by atoms with van der Waals surface area (Å²) < 4.78 is 39.8. The Morgan fingerprint density at radius 2 is 1.88 bits per heavy atom. The van der Waals surface area contributed by atoms with Crippen LogP contribution in [0.2, 0.25) is 0 Å². The third-order valence-electron chi connectivity index (χ3n) is 5.75. The standard InChI is InChI=1S/C19H24F3N3O/c20-19(21,22)15-4-1-9-23-17(15)25-10-2-3-14(11-25)18(26)24-16(12-5-6-12)13-7-8-13/h1,4,9,12-14,16H,2-3,5-8,10-11H2,(H,24,26). The average Bonchev–Trinajstić information content (AvgIpc) is 3.52. The number of hydrogen-bond donors (Lipinski definition) is 1. The summed E-state index contributed by atoms with van der Waals surface area (Å²) in [6.45, 7) is 0.798. The lowest BCUT2D eigenvalue weighted by molar-refractivity contribution is -0.137. The molecule has 0 aromatic carbocycles. The first-order valence-electron chi connectivity index (χ1n) is 9.51. The van der Waals surface area contributed by atoms with Crippen molar-refractivity contribution in [1.82, 2.24) is 10.3 Å². The SMILES string of the molecule is O=C(NC(C1CC1)C1CC1)C1CCCN(c2ncccc2C(F)(F)F)C1. The molecule has 0 radical (unpaired) electrons. The van der Waals surface area contributed by atoms with Crippen LogP contribution in [-0.2, 0) is 11.0 Å². The number of aromatic nitrogens is 1. The summed E-state index contributed by atoms with van der Waals surface area (Å²) in [6.07, 6.45) is 3.08. The van der Waals surface area contributed by atoms with Gasteiger partial charge in [0.15, 0.2) is 0 Å². The van der Waals surface area contributed by atoms with Gasteiger partial charge in [0.25, 0.3) is 0 Å². The average molecular weight is 367 g/mol. The van der Waals surface area contributed by atoms with Crippen LogP contribution >= 0.6 is 0 Å². The molecule has 1 aromatic rings. The van der Waals surface area contributed by atoms with Crippen molar-refractivity contribution in [3.05, 3.63) is 23.9 Å². The van der Waals surface area contributed by atoms with Crippen molar-refractivity contribution in [1.29, 1.82) is 0 Å². The summed E-state index contributed by atoms with van der Waals surface area (Å²) in [4.78, 5) is 18.4. The number of alkyl halides is 3. The fourth-order valence-electron chi connectivity index (χ4n) is 4.07. The number of pyridine rings is 1. The minimum atomic E-state index is -4.44. The molecule has 1 N–H and O–H groups in total. The number of nitrogens with one attached hydrogen (secondary N) is 1. The Balaban J connectivity index is 1.45. The van der Waals surface area contributed by atoms with Crippen molar-refractivity contribution < 1.29 is 18.0 Å². The first-order valence-corrected chi connectivity index (χ1v) is 9.51. The molecule has 0 bridgehead atoms. The molecule has 3 aliphatic rings. The normalized spacial score (nSPS) is 24.0. The van der Waals surface area contributed by atoms with Crippen LogP contribution in [0.5, 0.6) is 0 Å². The second-order valence-electron chi connectivity index (χ2n) is 7.87. The number of amides is 1. The fraction of sp³-hybridized carbons (Fsp3) is 0.684. The minimum absolute atomic E-state index is 0.00277. The maximum atomic E-state index is 13.3. The predicted molar refractivity (Wildman–Crippen MR) is 91.6 cm³/mol. The summed E-state index contributed by atoms with van der Waals surface area (Å²) in [5.41, 5.74) is -0.727. The van der Waals surface area contributed by atoms with Crippen LogP contribution in [0.4, 0.5) is 19.0 Å². The van der Waals surface area contributed by atoms with Gasteiger partial charge in [-0.1, -0.05) is 0 Å². The highest BCUT2D eigenvalue weighted by atomic mass is 19.4. The van der Waals surface area contributed by atoms with E-state index < -0.39 is 11.7 Å². The lowest BCUT2D eigenvalue weighted by atomic mass is 9.95. The van der Waals surface area contributed by atoms with E-state index >= 15 is 0 Å². The van der Waals surface area contributed by atoms with E-state index in [9.17, 15) is 18.0 Å². The van der Waals surface area contributed by atoms with Crippen LogP contribution in [0.3, 0.4) is 0 Å². The molecule has 0 spiro atoms. The molecular weight excluding hydrogens is 343 g/mol. The summed E-state index contributed by atoms with van der Waals surface area (Å²) in [5, 5.41) is 3.22. The molecule has 1 aromatic heterocycles. The van der Waals surface area contributed by atoms with Crippen LogP contribution in [0.25, 0.3) is 0 Å². The summed E-state index contributed by atoms with van der Waals surface area (Å²) in [7, 11) is 0. The highest BCUT2D eigenvalue weighted by molar-refractivity contribution is 5.80. The zero-order valence-corrected chi connectivity index (χ0v) is 14.6. The Morgan fingerprint density at radius 3 is 2.50 bits per heavy atom. The van der Waals surface area contributed by atoms with Crippen molar-refractivity contribution in [2.75, 3.05) is 18.0 Å². The summed E-state index contributed by atoms with van der Waals surface area (Å²) >= 11 is 0. The van der Waals surface area contributed by atoms with Gasteiger partial charge < -0.3 is 10.2 Å². The lowest BCUT2D eigenvalue weighted by Crippen LogP contribution is -2.47. The highest BCUT2D eigenvalue weighted by Gasteiger charge is 2.43. The van der Waals surface area contributed by atoms with E-state index in [1.165, 1.54) is 37.9 Å². The van der Waals surface area contributed by atoms with Crippen LogP contribution in [0.1, 0.15) is 44.1 Å². The van der Waals surface area contributed by atoms with Crippen molar-refractivity contribution in [3.8, 4) is 0 Å². The number of halogens is 3. The van der Waals surface area contributed by atoms with Gasteiger partial charge in [0.2, 0.25) is 5.91 Å². The van der Waals surface area contributed by atoms with Gasteiger partial charge in [-0.25, -0.2) is 4.98 Å². The second-order valence-corrected chi connectivity index (χ2v) is 7.87. The van der Waals surface area contributed by atoms with E-state index in [-0.39, 0.29) is 23.7 Å². The zero-order valence-electron chi connectivity index (χ0n) is 14.6. The van der Waals surface area contributed by atoms with Gasteiger partial charge in [-0.05, 0) is 62.5 Å². The molecule has 1 amide bonds. The number of hydrogen-bond acceptors (Lipinski definition) is 3. The number of anilines is 1. The van der Waals surface area contributed by atoms with Crippen LogP contribution in [0, 0.1) is 17.8 Å². The number of rotatable bonds is 5. The van der Waals surface area contributed by atoms with E-state index in [0.29, 0.717) is 31.3 Å². The van der Waals surface area contributed by atoms with Crippen molar-refractivity contribution >= 4 is 11.7 Å². The lowest BCUT2D eigenvalue weighted by Gasteiger charge is -2.35. The maximum Gasteiger partial charge on any atom is 0.419 e. The Labute approximate surface area is 151 Å². The second kappa shape index (κ2) is 6.74. The monoisotopic (exact) mass is 367 g/mol. The summed E-state index contributed by atoms with van der Waals surface area (Å²) in [6, 6.07) is 2.64. The van der Waals surface area contributed by atoms with E-state index in [1.54, 1.807) is 4.90 Å². The number of carbonyl (C=O) groups excluding carboxylic acids is 1. The van der Waals surface area contributed by atoms with E-state index in [4.69, 9.17) is 0 Å². The molecule has 1 unspecified atom stereocenters. The number of nitrogens with zero attached hydrogens (tertiary/aromatic N) is 2. The van der Waals surface area contributed by atoms with E-state index in [0.717, 1.165) is 12.5 Å². The first-order chi connectivity index (χ1) is 12.4. The molecule has 1 saturated heterocycles. The Morgan fingerprint density at radius 1 is 1.19 bits per heavy atom. The molecule has 2 saturated carbocycles. The Kier molecular flexibility index (Phi) is 4.57. The van der Waals surface area contributed by atoms with Crippen LogP contribution < -0.4 is 10.2 Å². The molecule has 142 valence electrons. The van der Waals surface area contributed by atoms with Crippen LogP contribution in [-0.4, -0.2) is 30.0 Å². The van der Waals surface area contributed by atoms with Crippen molar-refractivity contribution in [2.24, 2.45) is 17.8 Å². The van der Waals surface area contributed by atoms with Gasteiger partial charge in [-0.15, -0.1) is 0 Å². The molecule has 4 nitrogen and oxygen atoms in total. The topological polar surface area (TPSA) is 45.2 Å². The third-order valence-corrected chi connectivity index (χ3v) is 5.75.